The van der Waals surface area contributed by atoms with Gasteiger partial charge >= 0.3 is 0 Å². The van der Waals surface area contributed by atoms with Crippen LogP contribution in [-0.4, -0.2) is 11.8 Å². The van der Waals surface area contributed by atoms with Crippen molar-refractivity contribution >= 4 is 28.8 Å². The van der Waals surface area contributed by atoms with Crippen molar-refractivity contribution in [1.82, 2.24) is 0 Å². The molecule has 0 bridgehead atoms. The number of hydrogen-bond donors (Lipinski definition) is 1. The first-order valence-electron chi connectivity index (χ1n) is 8.51. The maximum absolute atomic E-state index is 13.7. The summed E-state index contributed by atoms with van der Waals surface area (Å²) in [5.74, 6) is -2.27. The third-order valence-corrected chi connectivity index (χ3v) is 4.31. The molecule has 0 saturated heterocycles. The molecule has 0 fully saturated rings. The van der Waals surface area contributed by atoms with Crippen LogP contribution in [0.4, 0.5) is 20.2 Å². The number of benzene rings is 3. The van der Waals surface area contributed by atoms with Gasteiger partial charge in [0.05, 0.1) is 11.3 Å². The minimum Gasteiger partial charge on any atom is -0.350 e. The first kappa shape index (κ1) is 17.6. The second-order valence-electron chi connectivity index (χ2n) is 6.18. The molecule has 138 valence electrons. The molecule has 1 aliphatic rings. The summed E-state index contributed by atoms with van der Waals surface area (Å²) in [6.07, 6.45) is 0. The summed E-state index contributed by atoms with van der Waals surface area (Å²) in [4.78, 5) is 27.1. The molecule has 1 N–H and O–H groups in total. The van der Waals surface area contributed by atoms with Crippen LogP contribution in [0.3, 0.4) is 0 Å². The Morgan fingerprint density at radius 2 is 1.39 bits per heavy atom. The zero-order chi connectivity index (χ0) is 19.7. The number of amides is 2. The number of nitrogens with zero attached hydrogens (tertiary/aromatic N) is 1. The van der Waals surface area contributed by atoms with Crippen LogP contribution in [0.2, 0.25) is 0 Å². The number of carbonyl (C=O) groups excluding carboxylic acids is 2. The zero-order valence-corrected chi connectivity index (χ0v) is 14.5. The average molecular weight is 376 g/mol. The van der Waals surface area contributed by atoms with Crippen molar-refractivity contribution in [2.45, 2.75) is 0 Å². The molecule has 3 aromatic rings. The number of rotatable bonds is 4. The normalized spacial score (nSPS) is 14.0. The summed E-state index contributed by atoms with van der Waals surface area (Å²) in [7, 11) is 0. The SMILES string of the molecule is O=C1C(Nc2cccc(F)c2)=C(c2ccccc2)C(=O)N1c1cccc(F)c1. The quantitative estimate of drug-likeness (QED) is 0.689. The van der Waals surface area contributed by atoms with Gasteiger partial charge in [-0.05, 0) is 42.0 Å². The molecule has 1 heterocycles. The van der Waals surface area contributed by atoms with Crippen molar-refractivity contribution < 1.29 is 18.4 Å². The van der Waals surface area contributed by atoms with Gasteiger partial charge < -0.3 is 5.32 Å². The molecule has 0 spiro atoms. The van der Waals surface area contributed by atoms with E-state index in [0.717, 1.165) is 11.0 Å². The minimum atomic E-state index is -0.640. The van der Waals surface area contributed by atoms with E-state index in [0.29, 0.717) is 11.3 Å². The molecule has 4 rings (SSSR count). The molecule has 0 saturated carbocycles. The monoisotopic (exact) mass is 376 g/mol. The third-order valence-electron chi connectivity index (χ3n) is 4.31. The van der Waals surface area contributed by atoms with E-state index in [-0.39, 0.29) is 17.0 Å². The van der Waals surface area contributed by atoms with Crippen LogP contribution in [0.15, 0.2) is 84.6 Å². The van der Waals surface area contributed by atoms with Gasteiger partial charge in [-0.15, -0.1) is 0 Å². The number of nitrogens with one attached hydrogen (secondary N) is 1. The van der Waals surface area contributed by atoms with Crippen molar-refractivity contribution in [1.29, 1.82) is 0 Å². The highest BCUT2D eigenvalue weighted by Crippen LogP contribution is 2.33. The van der Waals surface area contributed by atoms with Gasteiger partial charge in [0.2, 0.25) is 0 Å². The Morgan fingerprint density at radius 3 is 2.07 bits per heavy atom. The van der Waals surface area contributed by atoms with Crippen molar-refractivity contribution in [3.8, 4) is 0 Å². The topological polar surface area (TPSA) is 49.4 Å². The fraction of sp³-hybridized carbons (Fsp3) is 0. The van der Waals surface area contributed by atoms with E-state index in [1.165, 1.54) is 36.4 Å². The molecule has 4 nitrogen and oxygen atoms in total. The van der Waals surface area contributed by atoms with Crippen molar-refractivity contribution in [3.63, 3.8) is 0 Å². The molecular weight excluding hydrogens is 362 g/mol. The van der Waals surface area contributed by atoms with Gasteiger partial charge in [-0.3, -0.25) is 9.59 Å². The Kier molecular flexibility index (Phi) is 4.45. The summed E-state index contributed by atoms with van der Waals surface area (Å²) in [6.45, 7) is 0. The van der Waals surface area contributed by atoms with E-state index in [4.69, 9.17) is 0 Å². The van der Waals surface area contributed by atoms with Crippen molar-refractivity contribution in [2.24, 2.45) is 0 Å². The Balaban J connectivity index is 1.83. The summed E-state index contributed by atoms with van der Waals surface area (Å²) in [5.41, 5.74) is 1.12. The lowest BCUT2D eigenvalue weighted by molar-refractivity contribution is -0.120. The van der Waals surface area contributed by atoms with Gasteiger partial charge in [0, 0.05) is 5.69 Å². The molecule has 0 radical (unpaired) electrons. The van der Waals surface area contributed by atoms with E-state index < -0.39 is 23.4 Å². The number of carbonyl (C=O) groups is 2. The molecule has 0 aromatic heterocycles. The Morgan fingerprint density at radius 1 is 0.714 bits per heavy atom. The predicted molar refractivity (Wildman–Crippen MR) is 102 cm³/mol. The fourth-order valence-corrected chi connectivity index (χ4v) is 3.08. The van der Waals surface area contributed by atoms with Gasteiger partial charge in [-0.25, -0.2) is 13.7 Å². The lowest BCUT2D eigenvalue weighted by Gasteiger charge is -2.15. The van der Waals surface area contributed by atoms with Crippen molar-refractivity contribution in [2.75, 3.05) is 10.2 Å². The minimum absolute atomic E-state index is 0.00561. The maximum atomic E-state index is 13.7. The molecule has 3 aromatic carbocycles. The maximum Gasteiger partial charge on any atom is 0.282 e. The van der Waals surface area contributed by atoms with Gasteiger partial charge in [0.15, 0.2) is 0 Å². The van der Waals surface area contributed by atoms with Gasteiger partial charge in [0.1, 0.15) is 17.3 Å². The first-order chi connectivity index (χ1) is 13.5. The van der Waals surface area contributed by atoms with Crippen molar-refractivity contribution in [3.05, 3.63) is 102 Å². The third kappa shape index (κ3) is 3.16. The Hall–Kier alpha value is -3.80. The second kappa shape index (κ2) is 7.08. The van der Waals surface area contributed by atoms with Gasteiger partial charge in [-0.2, -0.15) is 0 Å². The largest absolute Gasteiger partial charge is 0.350 e. The molecule has 0 atom stereocenters. The Labute approximate surface area is 159 Å². The second-order valence-corrected chi connectivity index (χ2v) is 6.18. The predicted octanol–water partition coefficient (Wildman–Crippen LogP) is 4.36. The highest BCUT2D eigenvalue weighted by Gasteiger charge is 2.40. The summed E-state index contributed by atoms with van der Waals surface area (Å²) < 4.78 is 27.2. The van der Waals surface area contributed by atoms with Crippen LogP contribution in [0.5, 0.6) is 0 Å². The van der Waals surface area contributed by atoms with Gasteiger partial charge in [-0.1, -0.05) is 42.5 Å². The van der Waals surface area contributed by atoms with Crippen LogP contribution in [0.25, 0.3) is 5.57 Å². The molecule has 2 amide bonds. The van der Waals surface area contributed by atoms with E-state index in [1.54, 1.807) is 36.4 Å². The molecule has 1 aliphatic heterocycles. The van der Waals surface area contributed by atoms with E-state index >= 15 is 0 Å². The first-order valence-corrected chi connectivity index (χ1v) is 8.51. The van der Waals surface area contributed by atoms with Crippen LogP contribution in [0.1, 0.15) is 5.56 Å². The molecule has 28 heavy (non-hydrogen) atoms. The standard InChI is InChI=1S/C22H14F2N2O2/c23-15-8-4-10-17(12-15)25-20-19(14-6-2-1-3-7-14)21(27)26(22(20)28)18-11-5-9-16(24)13-18/h1-13,25H. The average Bonchev–Trinajstić information content (AvgIpc) is 2.92. The molecule has 0 unspecified atom stereocenters. The van der Waals surface area contributed by atoms with Crippen LogP contribution >= 0.6 is 0 Å². The lowest BCUT2D eigenvalue weighted by atomic mass is 10.0. The number of hydrogen-bond acceptors (Lipinski definition) is 3. The zero-order valence-electron chi connectivity index (χ0n) is 14.5. The van der Waals surface area contributed by atoms with Crippen LogP contribution in [0, 0.1) is 11.6 Å². The molecular formula is C22H14F2N2O2. The number of anilines is 2. The van der Waals surface area contributed by atoms with E-state index in [2.05, 4.69) is 5.32 Å². The van der Waals surface area contributed by atoms with Crippen LogP contribution in [-0.2, 0) is 9.59 Å². The molecule has 0 aliphatic carbocycles. The van der Waals surface area contributed by atoms with E-state index in [9.17, 15) is 18.4 Å². The summed E-state index contributed by atoms with van der Waals surface area (Å²) >= 11 is 0. The lowest BCUT2D eigenvalue weighted by Crippen LogP contribution is -2.32. The van der Waals surface area contributed by atoms with Crippen LogP contribution < -0.4 is 10.2 Å². The fourth-order valence-electron chi connectivity index (χ4n) is 3.08. The van der Waals surface area contributed by atoms with Gasteiger partial charge in [0.25, 0.3) is 11.8 Å². The number of halogens is 2. The molecule has 6 heteroatoms. The summed E-state index contributed by atoms with van der Waals surface area (Å²) in [6, 6.07) is 19.5. The smallest absolute Gasteiger partial charge is 0.282 e. The summed E-state index contributed by atoms with van der Waals surface area (Å²) in [5, 5.41) is 2.86. The number of imide groups is 1. The Bertz CT molecular complexity index is 1110. The van der Waals surface area contributed by atoms with E-state index in [1.807, 2.05) is 0 Å². The highest BCUT2D eigenvalue weighted by atomic mass is 19.1. The highest BCUT2D eigenvalue weighted by molar-refractivity contribution is 6.46.